The van der Waals surface area contributed by atoms with Gasteiger partial charge in [0.15, 0.2) is 5.01 Å². The fourth-order valence-corrected chi connectivity index (χ4v) is 7.13. The largest absolute Gasteiger partial charge is 0.458 e. The monoisotopic (exact) mass is 496 g/mol. The number of benzene rings is 1. The van der Waals surface area contributed by atoms with Crippen LogP contribution in [0.25, 0.3) is 0 Å². The molecule has 2 amide bonds. The van der Waals surface area contributed by atoms with Gasteiger partial charge in [-0.15, -0.1) is 10.2 Å². The van der Waals surface area contributed by atoms with Gasteiger partial charge in [-0.05, 0) is 80.4 Å². The Kier molecular flexibility index (Phi) is 6.86. The number of amides is 2. The number of rotatable bonds is 9. The van der Waals surface area contributed by atoms with Gasteiger partial charge >= 0.3 is 5.97 Å². The summed E-state index contributed by atoms with van der Waals surface area (Å²) in [5.41, 5.74) is 1.67. The van der Waals surface area contributed by atoms with Gasteiger partial charge in [-0.3, -0.25) is 14.4 Å². The molecule has 186 valence electrons. The van der Waals surface area contributed by atoms with Gasteiger partial charge in [0.1, 0.15) is 6.61 Å². The molecule has 0 atom stereocenters. The van der Waals surface area contributed by atoms with Gasteiger partial charge in [0.05, 0.1) is 6.42 Å². The van der Waals surface area contributed by atoms with Crippen molar-refractivity contribution in [3.63, 3.8) is 0 Å². The lowest BCUT2D eigenvalue weighted by Crippen LogP contribution is -2.53. The Balaban J connectivity index is 1.04. The molecule has 1 aromatic carbocycles. The zero-order chi connectivity index (χ0) is 24.4. The molecule has 6 rings (SSSR count). The minimum atomic E-state index is -0.409. The number of nitrogens with one attached hydrogen (secondary N) is 2. The highest BCUT2D eigenvalue weighted by Gasteiger charge is 2.54. The maximum absolute atomic E-state index is 13.0. The van der Waals surface area contributed by atoms with E-state index in [0.29, 0.717) is 28.4 Å². The summed E-state index contributed by atoms with van der Waals surface area (Å²) in [5.74, 6) is 1.48. The van der Waals surface area contributed by atoms with Crippen molar-refractivity contribution < 1.29 is 19.1 Å². The minimum Gasteiger partial charge on any atom is -0.458 e. The Bertz CT molecular complexity index is 1060. The molecule has 4 fully saturated rings. The normalized spacial score (nSPS) is 26.4. The van der Waals surface area contributed by atoms with E-state index in [0.717, 1.165) is 37.0 Å². The zero-order valence-corrected chi connectivity index (χ0v) is 20.9. The first kappa shape index (κ1) is 23.9. The number of nitrogens with zero attached hydrogens (tertiary/aromatic N) is 2. The van der Waals surface area contributed by atoms with E-state index < -0.39 is 5.97 Å². The Morgan fingerprint density at radius 2 is 1.69 bits per heavy atom. The number of aromatic nitrogens is 2. The molecule has 8 nitrogen and oxygen atoms in total. The number of hydrogen-bond donors (Lipinski definition) is 2. The van der Waals surface area contributed by atoms with E-state index in [4.69, 9.17) is 4.74 Å². The number of aryl methyl sites for hydroxylation is 1. The highest BCUT2D eigenvalue weighted by Crippen LogP contribution is 2.60. The smallest absolute Gasteiger partial charge is 0.307 e. The molecule has 0 radical (unpaired) electrons. The molecule has 1 aromatic heterocycles. The van der Waals surface area contributed by atoms with Crippen LogP contribution in [0.3, 0.4) is 0 Å². The van der Waals surface area contributed by atoms with Crippen LogP contribution in [0, 0.1) is 23.2 Å². The van der Waals surface area contributed by atoms with E-state index in [9.17, 15) is 14.4 Å². The van der Waals surface area contributed by atoms with Gasteiger partial charge in [-0.2, -0.15) is 0 Å². The standard InChI is InChI=1S/C26H32N4O4S/c1-2-16-3-5-20(6-4-16)28-23(32)24-30-29-21(35-24)15-34-22(31)7-8-27-25(33)26-12-17-9-18(13-26)11-19(10-17)14-26/h3-6,17-19H,2,7-15H2,1H3,(H,27,33)(H,28,32). The fourth-order valence-electron chi connectivity index (χ4n) is 6.48. The quantitative estimate of drug-likeness (QED) is 0.506. The molecule has 9 heteroatoms. The summed E-state index contributed by atoms with van der Waals surface area (Å²) in [7, 11) is 0. The van der Waals surface area contributed by atoms with Crippen LogP contribution in [-0.2, 0) is 27.4 Å². The Morgan fingerprint density at radius 3 is 2.31 bits per heavy atom. The highest BCUT2D eigenvalue weighted by molar-refractivity contribution is 7.13. The molecular formula is C26H32N4O4S. The summed E-state index contributed by atoms with van der Waals surface area (Å²) in [6.45, 7) is 2.31. The van der Waals surface area contributed by atoms with Crippen LogP contribution in [0.15, 0.2) is 24.3 Å². The van der Waals surface area contributed by atoms with E-state index in [2.05, 4.69) is 27.8 Å². The number of hydrogen-bond acceptors (Lipinski definition) is 7. The van der Waals surface area contributed by atoms with Crippen LogP contribution in [0.2, 0.25) is 0 Å². The van der Waals surface area contributed by atoms with Crippen LogP contribution in [-0.4, -0.2) is 34.5 Å². The Hall–Kier alpha value is -2.81. The number of esters is 1. The second-order valence-corrected chi connectivity index (χ2v) is 11.4. The molecule has 1 heterocycles. The summed E-state index contributed by atoms with van der Waals surface area (Å²) >= 11 is 1.09. The first-order chi connectivity index (χ1) is 16.9. The van der Waals surface area contributed by atoms with Crippen molar-refractivity contribution >= 4 is 34.8 Å². The summed E-state index contributed by atoms with van der Waals surface area (Å²) < 4.78 is 5.28. The van der Waals surface area contributed by atoms with Gasteiger partial charge in [0.2, 0.25) is 10.9 Å². The predicted octanol–water partition coefficient (Wildman–Crippen LogP) is 4.12. The number of anilines is 1. The summed E-state index contributed by atoms with van der Waals surface area (Å²) in [6.07, 6.45) is 7.93. The van der Waals surface area contributed by atoms with Crippen molar-refractivity contribution in [3.8, 4) is 0 Å². The third-order valence-corrected chi connectivity index (χ3v) is 8.67. The molecule has 0 unspecified atom stereocenters. The van der Waals surface area contributed by atoms with Crippen LogP contribution in [0.4, 0.5) is 5.69 Å². The lowest BCUT2D eigenvalue weighted by molar-refractivity contribution is -0.147. The Labute approximate surface area is 209 Å². The molecule has 2 aromatic rings. The van der Waals surface area contributed by atoms with E-state index in [1.807, 2.05) is 24.3 Å². The Morgan fingerprint density at radius 1 is 1.03 bits per heavy atom. The van der Waals surface area contributed by atoms with Crippen LogP contribution in [0.1, 0.15) is 72.2 Å². The topological polar surface area (TPSA) is 110 Å². The SMILES string of the molecule is CCc1ccc(NC(=O)c2nnc(COC(=O)CCNC(=O)C34CC5CC(CC(C5)C3)C4)s2)cc1. The molecule has 4 aliphatic carbocycles. The van der Waals surface area contributed by atoms with Gasteiger partial charge < -0.3 is 15.4 Å². The molecule has 35 heavy (non-hydrogen) atoms. The second-order valence-electron chi connectivity index (χ2n) is 10.4. The third kappa shape index (κ3) is 5.39. The lowest BCUT2D eigenvalue weighted by Gasteiger charge is -2.55. The van der Waals surface area contributed by atoms with E-state index >= 15 is 0 Å². The average Bonchev–Trinajstić information content (AvgIpc) is 3.32. The molecule has 0 spiro atoms. The molecule has 4 saturated carbocycles. The van der Waals surface area contributed by atoms with Crippen molar-refractivity contribution in [1.29, 1.82) is 0 Å². The van der Waals surface area contributed by atoms with Crippen molar-refractivity contribution in [2.75, 3.05) is 11.9 Å². The third-order valence-electron chi connectivity index (χ3n) is 7.77. The molecule has 0 aliphatic heterocycles. The molecule has 4 bridgehead atoms. The molecule has 4 aliphatic rings. The predicted molar refractivity (Wildman–Crippen MR) is 132 cm³/mol. The number of carbonyl (C=O) groups is 3. The fraction of sp³-hybridized carbons (Fsp3) is 0.577. The maximum atomic E-state index is 13.0. The van der Waals surface area contributed by atoms with Gasteiger partial charge in [0, 0.05) is 17.6 Å². The first-order valence-electron chi connectivity index (χ1n) is 12.6. The van der Waals surface area contributed by atoms with Gasteiger partial charge in [-0.25, -0.2) is 0 Å². The van der Waals surface area contributed by atoms with Crippen molar-refractivity contribution in [1.82, 2.24) is 15.5 Å². The zero-order valence-electron chi connectivity index (χ0n) is 20.0. The molecule has 2 N–H and O–H groups in total. The van der Waals surface area contributed by atoms with E-state index in [-0.39, 0.29) is 41.8 Å². The molecular weight excluding hydrogens is 464 g/mol. The number of carbonyl (C=O) groups excluding carboxylic acids is 3. The van der Waals surface area contributed by atoms with E-state index in [1.54, 1.807) is 0 Å². The summed E-state index contributed by atoms with van der Waals surface area (Å²) in [6, 6.07) is 7.63. The maximum Gasteiger partial charge on any atom is 0.307 e. The first-order valence-corrected chi connectivity index (χ1v) is 13.4. The van der Waals surface area contributed by atoms with Crippen LogP contribution < -0.4 is 10.6 Å². The summed E-state index contributed by atoms with van der Waals surface area (Å²) in [5, 5.41) is 14.3. The van der Waals surface area contributed by atoms with Crippen molar-refractivity contribution in [2.24, 2.45) is 23.2 Å². The minimum absolute atomic E-state index is 0.0437. The highest BCUT2D eigenvalue weighted by atomic mass is 32.1. The van der Waals surface area contributed by atoms with Crippen LogP contribution >= 0.6 is 11.3 Å². The lowest BCUT2D eigenvalue weighted by atomic mass is 9.49. The second kappa shape index (κ2) is 10.0. The molecule has 0 saturated heterocycles. The van der Waals surface area contributed by atoms with E-state index in [1.165, 1.54) is 24.8 Å². The van der Waals surface area contributed by atoms with Gasteiger partial charge in [-0.1, -0.05) is 30.4 Å². The van der Waals surface area contributed by atoms with Crippen LogP contribution in [0.5, 0.6) is 0 Å². The van der Waals surface area contributed by atoms with Crippen molar-refractivity contribution in [2.45, 2.75) is 64.9 Å². The average molecular weight is 497 g/mol. The van der Waals surface area contributed by atoms with Gasteiger partial charge in [0.25, 0.3) is 5.91 Å². The van der Waals surface area contributed by atoms with Crippen molar-refractivity contribution in [3.05, 3.63) is 39.8 Å². The summed E-state index contributed by atoms with van der Waals surface area (Å²) in [4.78, 5) is 37.6. The number of ether oxygens (including phenoxy) is 1.